The molecule has 0 fully saturated rings. The molecule has 0 aliphatic heterocycles. The zero-order valence-corrected chi connectivity index (χ0v) is 23.6. The predicted octanol–water partition coefficient (Wildman–Crippen LogP) is 12.6. The molecule has 0 spiro atoms. The van der Waals surface area contributed by atoms with Crippen LogP contribution in [0.2, 0.25) is 0 Å². The lowest BCUT2D eigenvalue weighted by molar-refractivity contribution is 0.669. The third-order valence-electron chi connectivity index (χ3n) is 8.18. The molecule has 1 aromatic heterocycles. The van der Waals surface area contributed by atoms with Gasteiger partial charge in [-0.25, -0.2) is 0 Å². The van der Waals surface area contributed by atoms with E-state index in [1.165, 1.54) is 0 Å². The van der Waals surface area contributed by atoms with E-state index in [1.807, 2.05) is 66.7 Å². The Morgan fingerprint density at radius 1 is 0.356 bits per heavy atom. The molecule has 0 radical (unpaired) electrons. The topological polar surface area (TPSA) is 13.1 Å². The van der Waals surface area contributed by atoms with Crippen LogP contribution in [0.5, 0.6) is 0 Å². The Balaban J connectivity index is 1.58. The Morgan fingerprint density at radius 2 is 0.889 bits per heavy atom. The smallest absolute Gasteiger partial charge is 0.136 e. The summed E-state index contributed by atoms with van der Waals surface area (Å²) in [4.78, 5) is 0. The fourth-order valence-electron chi connectivity index (χ4n) is 6.17. The van der Waals surface area contributed by atoms with Crippen molar-refractivity contribution in [3.63, 3.8) is 0 Å². The lowest BCUT2D eigenvalue weighted by atomic mass is 9.83. The number of para-hydroxylation sites is 1. The lowest BCUT2D eigenvalue weighted by Gasteiger charge is -2.20. The average molecular weight is 585 g/mol. The molecule has 0 aliphatic carbocycles. The molecule has 210 valence electrons. The maximum absolute atomic E-state index is 9.48. The Bertz CT molecular complexity index is 3080. The summed E-state index contributed by atoms with van der Waals surface area (Å²) in [5, 5.41) is 0.771. The van der Waals surface area contributed by atoms with E-state index >= 15 is 0 Å². The van der Waals surface area contributed by atoms with Gasteiger partial charge in [-0.2, -0.15) is 0 Å². The highest BCUT2D eigenvalue weighted by Gasteiger charge is 2.21. The fourth-order valence-corrected chi connectivity index (χ4v) is 6.17. The van der Waals surface area contributed by atoms with Gasteiger partial charge in [0.15, 0.2) is 0 Å². The largest absolute Gasteiger partial charge is 0.456 e. The first kappa shape index (κ1) is 16.2. The van der Waals surface area contributed by atoms with Gasteiger partial charge in [-0.3, -0.25) is 0 Å². The number of hydrogen-bond donors (Lipinski definition) is 0. The van der Waals surface area contributed by atoms with Crippen LogP contribution in [0.15, 0.2) is 174 Å². The van der Waals surface area contributed by atoms with Crippen molar-refractivity contribution in [3.8, 4) is 44.5 Å². The average Bonchev–Trinajstić information content (AvgIpc) is 3.60. The number of furan rings is 1. The molecule has 9 rings (SSSR count). The molecule has 0 saturated heterocycles. The molecule has 0 bridgehead atoms. The minimum atomic E-state index is -0.643. The highest BCUT2D eigenvalue weighted by atomic mass is 16.3. The van der Waals surface area contributed by atoms with Crippen molar-refractivity contribution in [3.05, 3.63) is 170 Å². The van der Waals surface area contributed by atoms with Crippen molar-refractivity contribution >= 4 is 43.5 Å². The van der Waals surface area contributed by atoms with E-state index in [0.29, 0.717) is 38.8 Å². The molecule has 9 aromatic rings. The Morgan fingerprint density at radius 3 is 1.53 bits per heavy atom. The molecule has 0 unspecified atom stereocenters. The zero-order chi connectivity index (χ0) is 40.2. The molecule has 0 atom stereocenters. The van der Waals surface area contributed by atoms with Crippen molar-refractivity contribution in [2.24, 2.45) is 0 Å². The second kappa shape index (κ2) is 10.4. The predicted molar refractivity (Wildman–Crippen MR) is 190 cm³/mol. The maximum atomic E-state index is 9.48. The first-order chi connectivity index (χ1) is 27.3. The van der Waals surface area contributed by atoms with Crippen LogP contribution in [0.1, 0.15) is 16.4 Å². The molecular formula is C44H28O. The standard InChI is InChI=1S/C44H28O/c1-3-13-29(14-4-1)30-23-25-32(26-24-30)43-34-18-7-9-20-36(34)44(37-21-10-8-19-35(37)43)40-27-39-33-17-11-12-22-41(33)45-42(39)28-38(40)31-15-5-2-6-16-31/h1-28H/i7D,8D,9D,10D,18D,19D,20D,21D,23D,24D,25D,26D. The minimum Gasteiger partial charge on any atom is -0.456 e. The SMILES string of the molecule is [2H]c1c([2H])c(-c2c3c([2H])c([2H])c([2H])c([2H])c3c(-c3cc4c(cc3-c3ccccc3)oc3ccccc34)c3c([2H])c([2H])c([2H])c([2H])c23)c([2H])c([2H])c1-c1ccccc1. The first-order valence-corrected chi connectivity index (χ1v) is 14.5. The quantitative estimate of drug-likeness (QED) is 0.188. The monoisotopic (exact) mass is 584 g/mol. The van der Waals surface area contributed by atoms with Crippen LogP contribution in [0.25, 0.3) is 88.0 Å². The second-order valence-corrected chi connectivity index (χ2v) is 10.7. The number of benzene rings is 8. The van der Waals surface area contributed by atoms with Gasteiger partial charge in [0.1, 0.15) is 11.2 Å². The van der Waals surface area contributed by atoms with Crippen molar-refractivity contribution < 1.29 is 20.9 Å². The fraction of sp³-hybridized carbons (Fsp3) is 0. The third-order valence-corrected chi connectivity index (χ3v) is 8.18. The molecule has 0 aliphatic rings. The Labute approximate surface area is 278 Å². The molecular weight excluding hydrogens is 544 g/mol. The number of fused-ring (bicyclic) bond motifs is 5. The van der Waals surface area contributed by atoms with Crippen molar-refractivity contribution in [2.75, 3.05) is 0 Å². The van der Waals surface area contributed by atoms with Gasteiger partial charge in [-0.1, -0.05) is 151 Å². The summed E-state index contributed by atoms with van der Waals surface area (Å²) in [7, 11) is 0. The summed E-state index contributed by atoms with van der Waals surface area (Å²) in [6.07, 6.45) is 0. The summed E-state index contributed by atoms with van der Waals surface area (Å²) in [6, 6.07) is 22.1. The summed E-state index contributed by atoms with van der Waals surface area (Å²) in [5.74, 6) is 0. The molecule has 0 amide bonds. The molecule has 1 heterocycles. The summed E-state index contributed by atoms with van der Waals surface area (Å²) in [6.45, 7) is 0. The molecule has 0 saturated carbocycles. The van der Waals surface area contributed by atoms with Gasteiger partial charge >= 0.3 is 0 Å². The van der Waals surface area contributed by atoms with E-state index in [-0.39, 0.29) is 43.8 Å². The summed E-state index contributed by atoms with van der Waals surface area (Å²) < 4.78 is 117. The molecule has 1 heteroatoms. The molecule has 45 heavy (non-hydrogen) atoms. The van der Waals surface area contributed by atoms with E-state index in [0.717, 1.165) is 5.39 Å². The first-order valence-electron chi connectivity index (χ1n) is 20.5. The zero-order valence-electron chi connectivity index (χ0n) is 35.6. The van der Waals surface area contributed by atoms with Crippen LogP contribution in [0, 0.1) is 0 Å². The molecule has 8 aromatic carbocycles. The van der Waals surface area contributed by atoms with E-state index in [9.17, 15) is 8.22 Å². The van der Waals surface area contributed by atoms with Crippen LogP contribution in [0.4, 0.5) is 0 Å². The highest BCUT2D eigenvalue weighted by molar-refractivity contribution is 6.23. The van der Waals surface area contributed by atoms with Crippen LogP contribution in [0.3, 0.4) is 0 Å². The van der Waals surface area contributed by atoms with Gasteiger partial charge in [0.05, 0.1) is 16.4 Å². The Kier molecular flexibility index (Phi) is 3.74. The van der Waals surface area contributed by atoms with Crippen molar-refractivity contribution in [1.82, 2.24) is 0 Å². The number of rotatable bonds is 4. The summed E-state index contributed by atoms with van der Waals surface area (Å²) >= 11 is 0. The van der Waals surface area contributed by atoms with E-state index in [1.54, 1.807) is 30.3 Å². The maximum Gasteiger partial charge on any atom is 0.136 e. The third kappa shape index (κ3) is 4.17. The van der Waals surface area contributed by atoms with Gasteiger partial charge in [0.2, 0.25) is 0 Å². The minimum absolute atomic E-state index is 0.0107. The Hall–Kier alpha value is -5.92. The second-order valence-electron chi connectivity index (χ2n) is 10.7. The lowest BCUT2D eigenvalue weighted by Crippen LogP contribution is -1.93. The van der Waals surface area contributed by atoms with Gasteiger partial charge < -0.3 is 4.42 Å². The molecule has 1 nitrogen and oxygen atoms in total. The van der Waals surface area contributed by atoms with E-state index in [4.69, 9.17) is 12.6 Å². The number of hydrogen-bond acceptors (Lipinski definition) is 1. The van der Waals surface area contributed by atoms with Crippen LogP contribution in [-0.4, -0.2) is 0 Å². The van der Waals surface area contributed by atoms with Gasteiger partial charge in [-0.15, -0.1) is 0 Å². The van der Waals surface area contributed by atoms with Crippen LogP contribution >= 0.6 is 0 Å². The normalized spacial score (nSPS) is 15.3. The van der Waals surface area contributed by atoms with E-state index < -0.39 is 72.5 Å². The summed E-state index contributed by atoms with van der Waals surface area (Å²) in [5.41, 5.74) is 2.65. The van der Waals surface area contributed by atoms with Crippen LogP contribution in [-0.2, 0) is 0 Å². The van der Waals surface area contributed by atoms with Gasteiger partial charge in [0, 0.05) is 10.8 Å². The van der Waals surface area contributed by atoms with Gasteiger partial charge in [0.25, 0.3) is 0 Å². The van der Waals surface area contributed by atoms with E-state index in [2.05, 4.69) is 0 Å². The highest BCUT2D eigenvalue weighted by Crippen LogP contribution is 2.48. The molecule has 0 N–H and O–H groups in total. The van der Waals surface area contributed by atoms with Crippen molar-refractivity contribution in [2.45, 2.75) is 0 Å². The van der Waals surface area contributed by atoms with Crippen molar-refractivity contribution in [1.29, 1.82) is 0 Å². The van der Waals surface area contributed by atoms with Gasteiger partial charge in [-0.05, 0) is 84.3 Å². The van der Waals surface area contributed by atoms with Crippen LogP contribution < -0.4 is 0 Å².